The molecule has 3 heteroatoms. The standard InChI is InChI=1S/C29H41OPS/c1-4-32(5-2,6-3)23-25-15-13-14-24-20-21-28(22-29(24)25)31(30,26-16-9-7-10-17-26)27-18-11-8-12-19-27/h7-12,16-20,25,28-29H,4-6,13-15,21-23H2,1-3H3/t25-,28+,29-/m1/s1. The molecule has 2 aromatic carbocycles. The molecule has 1 nitrogen and oxygen atoms in total. The molecule has 174 valence electrons. The molecular weight excluding hydrogens is 427 g/mol. The Morgan fingerprint density at radius 1 is 0.875 bits per heavy atom. The van der Waals surface area contributed by atoms with E-state index in [-0.39, 0.29) is 5.66 Å². The summed E-state index contributed by atoms with van der Waals surface area (Å²) in [6, 6.07) is 20.7. The van der Waals surface area contributed by atoms with E-state index in [4.69, 9.17) is 0 Å². The molecule has 2 aliphatic rings. The summed E-state index contributed by atoms with van der Waals surface area (Å²) in [5.74, 6) is 6.92. The van der Waals surface area contributed by atoms with E-state index in [0.29, 0.717) is 5.92 Å². The van der Waals surface area contributed by atoms with Gasteiger partial charge >= 0.3 is 0 Å². The second kappa shape index (κ2) is 10.4. The number of rotatable bonds is 8. The summed E-state index contributed by atoms with van der Waals surface area (Å²) < 4.78 is 15.0. The van der Waals surface area contributed by atoms with Gasteiger partial charge in [-0.15, -0.1) is 0 Å². The lowest BCUT2D eigenvalue weighted by Gasteiger charge is -2.47. The van der Waals surface area contributed by atoms with Gasteiger partial charge in [-0.05, 0) is 67.0 Å². The second-order valence-corrected chi connectivity index (χ2v) is 17.3. The van der Waals surface area contributed by atoms with Crippen molar-refractivity contribution in [2.45, 2.75) is 58.5 Å². The summed E-state index contributed by atoms with van der Waals surface area (Å²) in [5, 5.41) is 2.08. The Hall–Kier alpha value is -1.24. The zero-order chi connectivity index (χ0) is 22.6. The Morgan fingerprint density at radius 3 is 1.97 bits per heavy atom. The van der Waals surface area contributed by atoms with Crippen molar-refractivity contribution in [1.82, 2.24) is 0 Å². The van der Waals surface area contributed by atoms with Crippen molar-refractivity contribution in [2.75, 3.05) is 23.0 Å². The van der Waals surface area contributed by atoms with Crippen molar-refractivity contribution in [3.63, 3.8) is 0 Å². The normalized spacial score (nSPS) is 24.5. The van der Waals surface area contributed by atoms with E-state index in [2.05, 4.69) is 75.4 Å². The first kappa shape index (κ1) is 23.9. The molecule has 0 aromatic heterocycles. The molecule has 0 unspecified atom stereocenters. The van der Waals surface area contributed by atoms with Crippen LogP contribution in [0.2, 0.25) is 0 Å². The molecule has 32 heavy (non-hydrogen) atoms. The first-order valence-corrected chi connectivity index (χ1v) is 16.8. The average Bonchev–Trinajstić information content (AvgIpc) is 2.88. The number of hydrogen-bond acceptors (Lipinski definition) is 1. The molecule has 3 atom stereocenters. The number of allylic oxidation sites excluding steroid dienone is 2. The minimum absolute atomic E-state index is 0.218. The van der Waals surface area contributed by atoms with Gasteiger partial charge in [0.2, 0.25) is 0 Å². The lowest BCUT2D eigenvalue weighted by molar-refractivity contribution is 0.300. The summed E-state index contributed by atoms with van der Waals surface area (Å²) >= 11 is 0. The molecule has 2 aliphatic carbocycles. The van der Waals surface area contributed by atoms with Crippen LogP contribution in [0, 0.1) is 11.8 Å². The highest BCUT2D eigenvalue weighted by Crippen LogP contribution is 2.58. The van der Waals surface area contributed by atoms with Gasteiger partial charge in [-0.3, -0.25) is 0 Å². The summed E-state index contributed by atoms with van der Waals surface area (Å²) in [4.78, 5) is 0. The Morgan fingerprint density at radius 2 is 1.44 bits per heavy atom. The van der Waals surface area contributed by atoms with Crippen LogP contribution < -0.4 is 10.6 Å². The summed E-state index contributed by atoms with van der Waals surface area (Å²) in [6.45, 7) is 7.26. The van der Waals surface area contributed by atoms with Crippen LogP contribution in [-0.2, 0) is 4.57 Å². The highest BCUT2D eigenvalue weighted by molar-refractivity contribution is 8.33. The molecule has 0 radical (unpaired) electrons. The highest BCUT2D eigenvalue weighted by Gasteiger charge is 2.43. The van der Waals surface area contributed by atoms with Gasteiger partial charge in [0, 0.05) is 16.3 Å². The topological polar surface area (TPSA) is 17.1 Å². The molecule has 0 bridgehead atoms. The maximum atomic E-state index is 15.0. The van der Waals surface area contributed by atoms with E-state index in [0.717, 1.165) is 29.4 Å². The SMILES string of the molecule is CCS(CC)(CC)C[C@H]1CCCC2=CC[C@H](P(=O)(c3ccccc3)c3ccccc3)C[C@H]21. The average molecular weight is 469 g/mol. The third kappa shape index (κ3) is 4.55. The van der Waals surface area contributed by atoms with Crippen LogP contribution in [0.5, 0.6) is 0 Å². The van der Waals surface area contributed by atoms with Crippen molar-refractivity contribution in [1.29, 1.82) is 0 Å². The van der Waals surface area contributed by atoms with Gasteiger partial charge in [-0.2, -0.15) is 0 Å². The van der Waals surface area contributed by atoms with E-state index >= 15 is 0 Å². The number of fused-ring (bicyclic) bond motifs is 1. The fourth-order valence-electron chi connectivity index (χ4n) is 6.32. The van der Waals surface area contributed by atoms with Crippen LogP contribution in [0.25, 0.3) is 0 Å². The Bertz CT molecular complexity index is 896. The van der Waals surface area contributed by atoms with Crippen LogP contribution in [0.1, 0.15) is 52.9 Å². The van der Waals surface area contributed by atoms with Crippen LogP contribution in [-0.4, -0.2) is 28.7 Å². The molecule has 1 fully saturated rings. The maximum absolute atomic E-state index is 15.0. The van der Waals surface area contributed by atoms with Gasteiger partial charge in [0.25, 0.3) is 0 Å². The molecule has 2 aromatic rings. The summed E-state index contributed by atoms with van der Waals surface area (Å²) in [7, 11) is -3.21. The Kier molecular flexibility index (Phi) is 7.73. The molecule has 0 N–H and O–H groups in total. The molecule has 0 spiro atoms. The van der Waals surface area contributed by atoms with E-state index in [1.54, 1.807) is 5.57 Å². The first-order valence-electron chi connectivity index (χ1n) is 12.7. The maximum Gasteiger partial charge on any atom is 0.146 e. The van der Waals surface area contributed by atoms with Crippen molar-refractivity contribution < 1.29 is 4.57 Å². The lowest BCUT2D eigenvalue weighted by Crippen LogP contribution is -2.36. The monoisotopic (exact) mass is 468 g/mol. The van der Waals surface area contributed by atoms with Gasteiger partial charge in [0.15, 0.2) is 0 Å². The van der Waals surface area contributed by atoms with Crippen molar-refractivity contribution in [3.8, 4) is 0 Å². The smallest absolute Gasteiger partial charge is 0.146 e. The zero-order valence-electron chi connectivity index (χ0n) is 20.2. The second-order valence-electron chi connectivity index (χ2n) is 9.75. The molecule has 1 saturated carbocycles. The van der Waals surface area contributed by atoms with Crippen LogP contribution in [0.4, 0.5) is 0 Å². The number of benzene rings is 2. The Balaban J connectivity index is 1.69. The van der Waals surface area contributed by atoms with Gasteiger partial charge in [-0.1, -0.05) is 93.1 Å². The predicted octanol–water partition coefficient (Wildman–Crippen LogP) is 7.37. The van der Waals surface area contributed by atoms with E-state index in [9.17, 15) is 4.57 Å². The van der Waals surface area contributed by atoms with E-state index in [1.165, 1.54) is 42.3 Å². The molecule has 0 amide bonds. The van der Waals surface area contributed by atoms with Crippen LogP contribution in [0.15, 0.2) is 72.3 Å². The molecule has 0 heterocycles. The van der Waals surface area contributed by atoms with E-state index in [1.807, 2.05) is 12.1 Å². The summed E-state index contributed by atoms with van der Waals surface area (Å²) in [5.41, 5.74) is 1.91. The molecule has 0 saturated heterocycles. The van der Waals surface area contributed by atoms with Gasteiger partial charge < -0.3 is 4.57 Å². The first-order chi connectivity index (χ1) is 15.6. The molecule has 4 rings (SSSR count). The van der Waals surface area contributed by atoms with Crippen molar-refractivity contribution in [2.24, 2.45) is 11.8 Å². The minimum Gasteiger partial charge on any atom is -0.313 e. The van der Waals surface area contributed by atoms with Crippen LogP contribution >= 0.6 is 17.2 Å². The van der Waals surface area contributed by atoms with Gasteiger partial charge in [-0.25, -0.2) is 10.0 Å². The Labute approximate surface area is 197 Å². The molecule has 0 aliphatic heterocycles. The molecular formula is C29H41OPS. The predicted molar refractivity (Wildman–Crippen MR) is 146 cm³/mol. The quantitative estimate of drug-likeness (QED) is 0.292. The third-order valence-electron chi connectivity index (χ3n) is 8.46. The van der Waals surface area contributed by atoms with Crippen molar-refractivity contribution >= 4 is 27.8 Å². The zero-order valence-corrected chi connectivity index (χ0v) is 21.9. The van der Waals surface area contributed by atoms with Crippen LogP contribution in [0.3, 0.4) is 0 Å². The van der Waals surface area contributed by atoms with E-state index < -0.39 is 17.2 Å². The van der Waals surface area contributed by atoms with Crippen molar-refractivity contribution in [3.05, 3.63) is 72.3 Å². The highest BCUT2D eigenvalue weighted by atomic mass is 32.3. The fraction of sp³-hybridized carbons (Fsp3) is 0.517. The van der Waals surface area contributed by atoms with Gasteiger partial charge in [0.05, 0.1) is 0 Å². The lowest BCUT2D eigenvalue weighted by atomic mass is 9.71. The minimum atomic E-state index is -2.70. The fourth-order valence-corrected chi connectivity index (χ4v) is 12.9. The summed E-state index contributed by atoms with van der Waals surface area (Å²) in [6.07, 6.45) is 8.56. The van der Waals surface area contributed by atoms with Gasteiger partial charge in [0.1, 0.15) is 7.14 Å². The third-order valence-corrected chi connectivity index (χ3v) is 16.9. The number of hydrogen-bond donors (Lipinski definition) is 0. The largest absolute Gasteiger partial charge is 0.313 e.